The number of fused-ring (bicyclic) bond motifs is 2. The van der Waals surface area contributed by atoms with Gasteiger partial charge in [-0.1, -0.05) is 6.42 Å². The quantitative estimate of drug-likeness (QED) is 0.876. The fraction of sp³-hybridized carbons (Fsp3) is 0.625. The van der Waals surface area contributed by atoms with Crippen LogP contribution in [0.3, 0.4) is 0 Å². The van der Waals surface area contributed by atoms with Crippen molar-refractivity contribution in [1.29, 1.82) is 0 Å². The predicted molar refractivity (Wildman–Crippen MR) is 85.0 cm³/mol. The minimum Gasteiger partial charge on any atom is -0.486 e. The van der Waals surface area contributed by atoms with E-state index >= 15 is 0 Å². The average molecular weight is 338 g/mol. The topological polar surface area (TPSA) is 81.9 Å². The largest absolute Gasteiger partial charge is 0.486 e. The number of hydrogen-bond donors (Lipinski definition) is 1. The fourth-order valence-corrected chi connectivity index (χ4v) is 5.56. The van der Waals surface area contributed by atoms with Crippen LogP contribution in [0.25, 0.3) is 0 Å². The van der Waals surface area contributed by atoms with Crippen molar-refractivity contribution in [3.63, 3.8) is 0 Å². The van der Waals surface area contributed by atoms with Gasteiger partial charge in [0.15, 0.2) is 11.5 Å². The molecule has 2 fully saturated rings. The summed E-state index contributed by atoms with van der Waals surface area (Å²) < 4.78 is 38.5. The number of benzene rings is 1. The Bertz CT molecular complexity index is 706. The predicted octanol–water partition coefficient (Wildman–Crippen LogP) is 1.21. The van der Waals surface area contributed by atoms with E-state index in [4.69, 9.17) is 15.2 Å². The van der Waals surface area contributed by atoms with Gasteiger partial charge in [0.25, 0.3) is 0 Å². The molecule has 2 N–H and O–H groups in total. The van der Waals surface area contributed by atoms with E-state index in [1.54, 1.807) is 22.5 Å². The SMILES string of the molecule is NC1CCCC2CN(S(=O)(=O)c3ccc4c(c3)OCCO4)CC12. The molecule has 126 valence electrons. The van der Waals surface area contributed by atoms with Crippen molar-refractivity contribution >= 4 is 10.0 Å². The van der Waals surface area contributed by atoms with Gasteiger partial charge < -0.3 is 15.2 Å². The molecule has 6 nitrogen and oxygen atoms in total. The van der Waals surface area contributed by atoms with Gasteiger partial charge in [-0.15, -0.1) is 0 Å². The maximum Gasteiger partial charge on any atom is 0.243 e. The summed E-state index contributed by atoms with van der Waals surface area (Å²) in [6.45, 7) is 2.05. The van der Waals surface area contributed by atoms with Gasteiger partial charge in [-0.3, -0.25) is 0 Å². The van der Waals surface area contributed by atoms with E-state index in [1.165, 1.54) is 0 Å². The molecule has 3 unspecified atom stereocenters. The minimum atomic E-state index is -3.51. The maximum absolute atomic E-state index is 13.0. The third kappa shape index (κ3) is 2.60. The van der Waals surface area contributed by atoms with Crippen LogP contribution in [0.4, 0.5) is 0 Å². The molecule has 2 heterocycles. The Hall–Kier alpha value is -1.31. The van der Waals surface area contributed by atoms with Crippen LogP contribution in [-0.2, 0) is 10.0 Å². The van der Waals surface area contributed by atoms with Gasteiger partial charge in [0.2, 0.25) is 10.0 Å². The summed E-state index contributed by atoms with van der Waals surface area (Å²) in [7, 11) is -3.51. The van der Waals surface area contributed by atoms with Crippen molar-refractivity contribution in [2.75, 3.05) is 26.3 Å². The molecule has 2 aliphatic heterocycles. The van der Waals surface area contributed by atoms with E-state index < -0.39 is 10.0 Å². The van der Waals surface area contributed by atoms with Gasteiger partial charge in [0.05, 0.1) is 4.90 Å². The van der Waals surface area contributed by atoms with Gasteiger partial charge in [-0.2, -0.15) is 4.31 Å². The molecule has 0 spiro atoms. The average Bonchev–Trinajstić information content (AvgIpc) is 3.01. The Labute approximate surface area is 136 Å². The summed E-state index contributed by atoms with van der Waals surface area (Å²) in [5, 5.41) is 0. The van der Waals surface area contributed by atoms with Gasteiger partial charge >= 0.3 is 0 Å². The molecular weight excluding hydrogens is 316 g/mol. The van der Waals surface area contributed by atoms with E-state index in [2.05, 4.69) is 0 Å². The van der Waals surface area contributed by atoms with E-state index in [9.17, 15) is 8.42 Å². The zero-order valence-corrected chi connectivity index (χ0v) is 13.8. The first-order chi connectivity index (χ1) is 11.1. The fourth-order valence-electron chi connectivity index (χ4n) is 4.01. The van der Waals surface area contributed by atoms with Gasteiger partial charge in [0, 0.05) is 25.2 Å². The summed E-state index contributed by atoms with van der Waals surface area (Å²) in [5.74, 6) is 1.79. The van der Waals surface area contributed by atoms with Crippen LogP contribution in [0, 0.1) is 11.8 Å². The van der Waals surface area contributed by atoms with Crippen LogP contribution in [0.1, 0.15) is 19.3 Å². The monoisotopic (exact) mass is 338 g/mol. The summed E-state index contributed by atoms with van der Waals surface area (Å²) in [6, 6.07) is 4.97. The molecule has 3 atom stereocenters. The first kappa shape index (κ1) is 15.2. The molecule has 0 aromatic heterocycles. The smallest absolute Gasteiger partial charge is 0.243 e. The van der Waals surface area contributed by atoms with Crippen molar-refractivity contribution in [2.24, 2.45) is 17.6 Å². The van der Waals surface area contributed by atoms with E-state index in [-0.39, 0.29) is 16.9 Å². The molecule has 23 heavy (non-hydrogen) atoms. The Morgan fingerprint density at radius 2 is 1.87 bits per heavy atom. The lowest BCUT2D eigenvalue weighted by molar-refractivity contribution is 0.171. The van der Waals surface area contributed by atoms with E-state index in [1.807, 2.05) is 0 Å². The Morgan fingerprint density at radius 3 is 2.65 bits per heavy atom. The highest BCUT2D eigenvalue weighted by molar-refractivity contribution is 7.89. The molecule has 1 aromatic rings. The summed E-state index contributed by atoms with van der Waals surface area (Å²) in [5.41, 5.74) is 6.20. The molecule has 1 aliphatic carbocycles. The molecule has 0 amide bonds. The minimum absolute atomic E-state index is 0.120. The Kier molecular flexibility index (Phi) is 3.74. The number of hydrogen-bond acceptors (Lipinski definition) is 5. The highest BCUT2D eigenvalue weighted by Gasteiger charge is 2.43. The first-order valence-electron chi connectivity index (χ1n) is 8.21. The summed E-state index contributed by atoms with van der Waals surface area (Å²) >= 11 is 0. The zero-order chi connectivity index (χ0) is 16.0. The van der Waals surface area contributed by atoms with Gasteiger partial charge in [-0.05, 0) is 36.8 Å². The third-order valence-electron chi connectivity index (χ3n) is 5.27. The van der Waals surface area contributed by atoms with Crippen molar-refractivity contribution in [2.45, 2.75) is 30.2 Å². The molecule has 0 radical (unpaired) electrons. The number of nitrogens with two attached hydrogens (primary N) is 1. The van der Waals surface area contributed by atoms with Crippen LogP contribution >= 0.6 is 0 Å². The zero-order valence-electron chi connectivity index (χ0n) is 13.0. The second-order valence-electron chi connectivity index (χ2n) is 6.65. The standard InChI is InChI=1S/C16H22N2O4S/c17-14-3-1-2-11-9-18(10-13(11)14)23(19,20)12-4-5-15-16(8-12)22-7-6-21-15/h4-5,8,11,13-14H,1-3,6-7,9-10,17H2. The number of nitrogens with zero attached hydrogens (tertiary/aromatic N) is 1. The van der Waals surface area contributed by atoms with Crippen LogP contribution in [0.5, 0.6) is 11.5 Å². The molecule has 0 bridgehead atoms. The summed E-state index contributed by atoms with van der Waals surface area (Å²) in [6.07, 6.45) is 3.17. The normalized spacial score (nSPS) is 30.9. The van der Waals surface area contributed by atoms with E-state index in [0.29, 0.717) is 43.7 Å². The first-order valence-corrected chi connectivity index (χ1v) is 9.65. The lowest BCUT2D eigenvalue weighted by Crippen LogP contribution is -2.38. The molecule has 7 heteroatoms. The van der Waals surface area contributed by atoms with Gasteiger partial charge in [-0.25, -0.2) is 8.42 Å². The third-order valence-corrected chi connectivity index (χ3v) is 7.10. The van der Waals surface area contributed by atoms with E-state index in [0.717, 1.165) is 19.3 Å². The maximum atomic E-state index is 13.0. The number of sulfonamides is 1. The highest BCUT2D eigenvalue weighted by atomic mass is 32.2. The van der Waals surface area contributed by atoms with Crippen molar-refractivity contribution in [1.82, 2.24) is 4.31 Å². The second-order valence-corrected chi connectivity index (χ2v) is 8.58. The van der Waals surface area contributed by atoms with Gasteiger partial charge in [0.1, 0.15) is 13.2 Å². The van der Waals surface area contributed by atoms with Crippen LogP contribution in [0.15, 0.2) is 23.1 Å². The molecule has 1 saturated carbocycles. The summed E-state index contributed by atoms with van der Waals surface area (Å²) in [4.78, 5) is 0.272. The molecule has 1 saturated heterocycles. The van der Waals surface area contributed by atoms with Crippen molar-refractivity contribution in [3.05, 3.63) is 18.2 Å². The lowest BCUT2D eigenvalue weighted by Gasteiger charge is -2.29. The van der Waals surface area contributed by atoms with Crippen LogP contribution in [-0.4, -0.2) is 45.1 Å². The molecule has 3 aliphatic rings. The van der Waals surface area contributed by atoms with Crippen LogP contribution in [0.2, 0.25) is 0 Å². The molecule has 4 rings (SSSR count). The highest BCUT2D eigenvalue weighted by Crippen LogP contribution is 2.39. The molecular formula is C16H22N2O4S. The van der Waals surface area contributed by atoms with Crippen molar-refractivity contribution in [3.8, 4) is 11.5 Å². The van der Waals surface area contributed by atoms with Crippen molar-refractivity contribution < 1.29 is 17.9 Å². The lowest BCUT2D eigenvalue weighted by atomic mass is 9.78. The molecule has 1 aromatic carbocycles. The van der Waals surface area contributed by atoms with Crippen LogP contribution < -0.4 is 15.2 Å². The second kappa shape index (κ2) is 5.65. The Morgan fingerprint density at radius 1 is 1.09 bits per heavy atom. The Balaban J connectivity index is 1.61. The number of rotatable bonds is 2. The number of ether oxygens (including phenoxy) is 2.